The Morgan fingerprint density at radius 1 is 1.71 bits per heavy atom. The Morgan fingerprint density at radius 2 is 2.53 bits per heavy atom. The third-order valence-corrected chi connectivity index (χ3v) is 4.47. The molecule has 1 aliphatic rings. The number of nitrogens with one attached hydrogen (secondary N) is 1. The van der Waals surface area contributed by atoms with Crippen LogP contribution in [-0.4, -0.2) is 29.8 Å². The van der Waals surface area contributed by atoms with Crippen molar-refractivity contribution in [2.75, 3.05) is 13.2 Å². The zero-order chi connectivity index (χ0) is 12.3. The van der Waals surface area contributed by atoms with Gasteiger partial charge in [-0.2, -0.15) is 0 Å². The van der Waals surface area contributed by atoms with Crippen LogP contribution in [0.3, 0.4) is 0 Å². The van der Waals surface area contributed by atoms with Gasteiger partial charge in [0, 0.05) is 30.5 Å². The van der Waals surface area contributed by atoms with Crippen molar-refractivity contribution in [1.29, 1.82) is 0 Å². The minimum absolute atomic E-state index is 0.0810. The smallest absolute Gasteiger partial charge is 0.0941 e. The second-order valence-electron chi connectivity index (χ2n) is 4.81. The number of hydrogen-bond donors (Lipinski definition) is 2. The lowest BCUT2D eigenvalue weighted by Gasteiger charge is -2.28. The molecule has 2 heterocycles. The van der Waals surface area contributed by atoms with Gasteiger partial charge in [-0.15, -0.1) is 11.3 Å². The van der Waals surface area contributed by atoms with Crippen LogP contribution in [0.15, 0.2) is 5.38 Å². The summed E-state index contributed by atoms with van der Waals surface area (Å²) in [6, 6.07) is 0. The molecule has 0 aromatic carbocycles. The molecule has 5 heteroatoms. The van der Waals surface area contributed by atoms with Gasteiger partial charge in [0.25, 0.3) is 0 Å². The second kappa shape index (κ2) is 5.44. The topological polar surface area (TPSA) is 60.2 Å². The van der Waals surface area contributed by atoms with Crippen LogP contribution in [0.1, 0.15) is 31.0 Å². The Labute approximate surface area is 107 Å². The number of nitrogens with zero attached hydrogens (tertiary/aromatic N) is 1. The van der Waals surface area contributed by atoms with E-state index in [0.717, 1.165) is 36.7 Å². The molecule has 0 saturated carbocycles. The Hall–Kier alpha value is -0.490. The van der Waals surface area contributed by atoms with E-state index in [0.29, 0.717) is 6.54 Å². The zero-order valence-corrected chi connectivity index (χ0v) is 11.3. The van der Waals surface area contributed by atoms with Gasteiger partial charge in [-0.05, 0) is 26.8 Å². The van der Waals surface area contributed by atoms with E-state index >= 15 is 0 Å². The maximum absolute atomic E-state index is 5.60. The van der Waals surface area contributed by atoms with Crippen LogP contribution in [0.2, 0.25) is 0 Å². The summed E-state index contributed by atoms with van der Waals surface area (Å²) in [7, 11) is 0. The lowest BCUT2D eigenvalue weighted by molar-refractivity contribution is 0.0880. The predicted molar refractivity (Wildman–Crippen MR) is 70.1 cm³/mol. The molecule has 4 nitrogen and oxygen atoms in total. The molecule has 0 aliphatic carbocycles. The molecule has 2 unspecified atom stereocenters. The maximum Gasteiger partial charge on any atom is 0.0941 e. The normalized spacial score (nSPS) is 28.8. The van der Waals surface area contributed by atoms with Crippen LogP contribution in [0, 0.1) is 0 Å². The molecular weight excluding hydrogens is 234 g/mol. The lowest BCUT2D eigenvalue weighted by Crippen LogP contribution is -2.47. The average Bonchev–Trinajstić information content (AvgIpc) is 2.86. The largest absolute Gasteiger partial charge is 0.377 e. The first kappa shape index (κ1) is 13.0. The van der Waals surface area contributed by atoms with Crippen molar-refractivity contribution in [2.45, 2.75) is 44.9 Å². The summed E-state index contributed by atoms with van der Waals surface area (Å²) in [6.45, 7) is 6.67. The summed E-state index contributed by atoms with van der Waals surface area (Å²) in [6.07, 6.45) is 2.21. The second-order valence-corrected chi connectivity index (χ2v) is 5.75. The molecule has 0 amide bonds. The number of hydrogen-bond acceptors (Lipinski definition) is 5. The lowest BCUT2D eigenvalue weighted by atomic mass is 9.95. The molecule has 0 radical (unpaired) electrons. The first-order chi connectivity index (χ1) is 8.14. The molecule has 96 valence electrons. The fourth-order valence-corrected chi connectivity index (χ4v) is 2.84. The summed E-state index contributed by atoms with van der Waals surface area (Å²) in [5.74, 6) is 0. The van der Waals surface area contributed by atoms with Gasteiger partial charge < -0.3 is 15.8 Å². The number of nitrogens with two attached hydrogens (primary N) is 1. The van der Waals surface area contributed by atoms with E-state index in [4.69, 9.17) is 10.5 Å². The minimum atomic E-state index is 0.0810. The van der Waals surface area contributed by atoms with E-state index in [2.05, 4.69) is 29.5 Å². The third-order valence-electron chi connectivity index (χ3n) is 3.52. The van der Waals surface area contributed by atoms with Crippen molar-refractivity contribution in [3.63, 3.8) is 0 Å². The summed E-state index contributed by atoms with van der Waals surface area (Å²) >= 11 is 1.69. The monoisotopic (exact) mass is 255 g/mol. The Balaban J connectivity index is 1.88. The van der Waals surface area contributed by atoms with Crippen molar-refractivity contribution in [1.82, 2.24) is 10.3 Å². The predicted octanol–water partition coefficient (Wildman–Crippen LogP) is 1.30. The van der Waals surface area contributed by atoms with Crippen molar-refractivity contribution < 1.29 is 4.74 Å². The van der Waals surface area contributed by atoms with E-state index in [1.807, 2.05) is 0 Å². The van der Waals surface area contributed by atoms with Crippen LogP contribution >= 0.6 is 11.3 Å². The highest BCUT2D eigenvalue weighted by atomic mass is 32.1. The van der Waals surface area contributed by atoms with Crippen molar-refractivity contribution in [3.8, 4) is 0 Å². The first-order valence-corrected chi connectivity index (χ1v) is 7.02. The summed E-state index contributed by atoms with van der Waals surface area (Å²) in [5, 5.41) is 6.81. The fraction of sp³-hybridized carbons (Fsp3) is 0.750. The Kier molecular flexibility index (Phi) is 4.14. The minimum Gasteiger partial charge on any atom is -0.377 e. The van der Waals surface area contributed by atoms with Gasteiger partial charge >= 0.3 is 0 Å². The summed E-state index contributed by atoms with van der Waals surface area (Å²) in [4.78, 5) is 4.55. The SMILES string of the molecule is CC1OCCC1(C)NCc1csc(CCN)n1. The quantitative estimate of drug-likeness (QED) is 0.832. The standard InChI is InChI=1S/C12H21N3OS/c1-9-12(2,4-6-16-9)14-7-10-8-17-11(15-10)3-5-13/h8-9,14H,3-7,13H2,1-2H3. The Bertz CT molecular complexity index is 368. The van der Waals surface area contributed by atoms with Gasteiger partial charge in [0.15, 0.2) is 0 Å². The van der Waals surface area contributed by atoms with Gasteiger partial charge in [0.05, 0.1) is 16.8 Å². The van der Waals surface area contributed by atoms with E-state index in [1.54, 1.807) is 11.3 Å². The maximum atomic E-state index is 5.60. The molecule has 17 heavy (non-hydrogen) atoms. The van der Waals surface area contributed by atoms with Gasteiger partial charge in [0.1, 0.15) is 0 Å². The summed E-state index contributed by atoms with van der Waals surface area (Å²) in [5.41, 5.74) is 6.71. The van der Waals surface area contributed by atoms with Crippen LogP contribution in [0.5, 0.6) is 0 Å². The summed E-state index contributed by atoms with van der Waals surface area (Å²) < 4.78 is 5.60. The van der Waals surface area contributed by atoms with Crippen molar-refractivity contribution in [2.24, 2.45) is 5.73 Å². The molecule has 0 bridgehead atoms. The highest BCUT2D eigenvalue weighted by molar-refractivity contribution is 7.09. The van der Waals surface area contributed by atoms with Crippen LogP contribution < -0.4 is 11.1 Å². The van der Waals surface area contributed by atoms with E-state index in [1.165, 1.54) is 0 Å². The number of thiazole rings is 1. The number of rotatable bonds is 5. The first-order valence-electron chi connectivity index (χ1n) is 6.14. The van der Waals surface area contributed by atoms with Crippen LogP contribution in [-0.2, 0) is 17.7 Å². The average molecular weight is 255 g/mol. The molecule has 0 spiro atoms. The molecular formula is C12H21N3OS. The molecule has 2 rings (SSSR count). The van der Waals surface area contributed by atoms with E-state index in [9.17, 15) is 0 Å². The van der Waals surface area contributed by atoms with Crippen molar-refractivity contribution >= 4 is 11.3 Å². The number of ether oxygens (including phenoxy) is 1. The molecule has 2 atom stereocenters. The van der Waals surface area contributed by atoms with Crippen molar-refractivity contribution in [3.05, 3.63) is 16.1 Å². The highest BCUT2D eigenvalue weighted by Crippen LogP contribution is 2.25. The van der Waals surface area contributed by atoms with Gasteiger partial charge in [-0.25, -0.2) is 4.98 Å². The highest BCUT2D eigenvalue weighted by Gasteiger charge is 2.36. The molecule has 1 fully saturated rings. The Morgan fingerprint density at radius 3 is 3.18 bits per heavy atom. The molecule has 1 aromatic heterocycles. The molecule has 1 aromatic rings. The zero-order valence-electron chi connectivity index (χ0n) is 10.5. The van der Waals surface area contributed by atoms with Gasteiger partial charge in [-0.3, -0.25) is 0 Å². The molecule has 3 N–H and O–H groups in total. The van der Waals surface area contributed by atoms with Crippen LogP contribution in [0.4, 0.5) is 0 Å². The van der Waals surface area contributed by atoms with Crippen LogP contribution in [0.25, 0.3) is 0 Å². The van der Waals surface area contributed by atoms with Gasteiger partial charge in [0.2, 0.25) is 0 Å². The van der Waals surface area contributed by atoms with E-state index < -0.39 is 0 Å². The third kappa shape index (κ3) is 3.04. The molecule has 1 saturated heterocycles. The van der Waals surface area contributed by atoms with Gasteiger partial charge in [-0.1, -0.05) is 0 Å². The number of aromatic nitrogens is 1. The fourth-order valence-electron chi connectivity index (χ4n) is 2.03. The molecule has 1 aliphatic heterocycles. The van der Waals surface area contributed by atoms with E-state index in [-0.39, 0.29) is 11.6 Å².